The van der Waals surface area contributed by atoms with Crippen molar-refractivity contribution in [2.24, 2.45) is 0 Å². The van der Waals surface area contributed by atoms with Crippen LogP contribution in [0.4, 0.5) is 0 Å². The van der Waals surface area contributed by atoms with E-state index in [1.54, 1.807) is 0 Å². The van der Waals surface area contributed by atoms with Crippen LogP contribution in [-0.4, -0.2) is 0 Å². The minimum Gasteiger partial charge on any atom is -0.117 e. The summed E-state index contributed by atoms with van der Waals surface area (Å²) in [5.41, 5.74) is 10.6. The largest absolute Gasteiger partial charge is 0.117 e. The number of hydrogen-bond donors (Lipinski definition) is 0. The van der Waals surface area contributed by atoms with Gasteiger partial charge in [0.05, 0.1) is 5.38 Å². The summed E-state index contributed by atoms with van der Waals surface area (Å²) in [6.45, 7) is 13.0. The van der Waals surface area contributed by atoms with E-state index < -0.39 is 0 Å². The lowest BCUT2D eigenvalue weighted by Crippen LogP contribution is -2.05. The van der Waals surface area contributed by atoms with Gasteiger partial charge in [-0.1, -0.05) is 29.8 Å². The Labute approximate surface area is 134 Å². The lowest BCUT2D eigenvalue weighted by atomic mass is 9.89. The highest BCUT2D eigenvalue weighted by atomic mass is 35.5. The second-order valence-corrected chi connectivity index (χ2v) is 6.80. The van der Waals surface area contributed by atoms with Crippen molar-refractivity contribution in [1.82, 2.24) is 0 Å². The van der Waals surface area contributed by atoms with Crippen molar-refractivity contribution < 1.29 is 0 Å². The van der Waals surface area contributed by atoms with E-state index >= 15 is 0 Å². The summed E-state index contributed by atoms with van der Waals surface area (Å²) >= 11 is 6.82. The van der Waals surface area contributed by atoms with Gasteiger partial charge < -0.3 is 0 Å². The Balaban J connectivity index is 2.41. The van der Waals surface area contributed by atoms with Gasteiger partial charge in [-0.2, -0.15) is 0 Å². The van der Waals surface area contributed by atoms with Crippen LogP contribution in [0, 0.1) is 41.5 Å². The van der Waals surface area contributed by atoms with Crippen molar-refractivity contribution in [2.75, 3.05) is 0 Å². The fraction of sp³-hybridized carbons (Fsp3) is 0.400. The average Bonchev–Trinajstić information content (AvgIpc) is 2.41. The van der Waals surface area contributed by atoms with Crippen molar-refractivity contribution in [2.45, 2.75) is 53.3 Å². The summed E-state index contributed by atoms with van der Waals surface area (Å²) in [5, 5.41) is 0.0316. The average molecular weight is 301 g/mol. The third kappa shape index (κ3) is 3.32. The third-order valence-corrected chi connectivity index (χ3v) is 5.01. The van der Waals surface area contributed by atoms with E-state index in [1.165, 1.54) is 44.5 Å². The second-order valence-electron chi connectivity index (χ2n) is 6.28. The molecular formula is C20H25Cl. The minimum absolute atomic E-state index is 0.0316. The molecule has 0 saturated carbocycles. The number of halogens is 1. The maximum atomic E-state index is 6.82. The van der Waals surface area contributed by atoms with Crippen molar-refractivity contribution in [3.63, 3.8) is 0 Å². The van der Waals surface area contributed by atoms with Crippen LogP contribution in [0.2, 0.25) is 0 Å². The van der Waals surface area contributed by atoms with E-state index in [1.807, 2.05) is 0 Å². The number of rotatable bonds is 3. The summed E-state index contributed by atoms with van der Waals surface area (Å²) < 4.78 is 0. The lowest BCUT2D eigenvalue weighted by molar-refractivity contribution is 0.884. The smallest absolute Gasteiger partial charge is 0.0630 e. The molecule has 112 valence electrons. The van der Waals surface area contributed by atoms with Gasteiger partial charge in [0.15, 0.2) is 0 Å². The molecule has 1 unspecified atom stereocenters. The van der Waals surface area contributed by atoms with Crippen molar-refractivity contribution in [3.8, 4) is 0 Å². The number of alkyl halides is 1. The molecule has 0 amide bonds. The Morgan fingerprint density at radius 1 is 0.810 bits per heavy atom. The molecule has 1 heteroatoms. The SMILES string of the molecule is Cc1ccc(C)c(CC(Cl)c2c(C)c(C)cc(C)c2C)c1. The monoisotopic (exact) mass is 300 g/mol. The van der Waals surface area contributed by atoms with Crippen LogP contribution >= 0.6 is 11.6 Å². The molecule has 0 radical (unpaired) electrons. The Morgan fingerprint density at radius 3 is 1.95 bits per heavy atom. The molecule has 0 fully saturated rings. The Hall–Kier alpha value is -1.27. The Kier molecular flexibility index (Phi) is 4.78. The first-order chi connectivity index (χ1) is 9.81. The number of benzene rings is 2. The minimum atomic E-state index is 0.0316. The fourth-order valence-corrected chi connectivity index (χ4v) is 3.53. The van der Waals surface area contributed by atoms with E-state index in [4.69, 9.17) is 11.6 Å². The Morgan fingerprint density at radius 2 is 1.38 bits per heavy atom. The van der Waals surface area contributed by atoms with Crippen LogP contribution < -0.4 is 0 Å². The molecule has 0 aromatic heterocycles. The zero-order valence-electron chi connectivity index (χ0n) is 14.0. The van der Waals surface area contributed by atoms with Gasteiger partial charge >= 0.3 is 0 Å². The van der Waals surface area contributed by atoms with E-state index in [0.29, 0.717) is 0 Å². The normalized spacial score (nSPS) is 12.5. The standard InChI is InChI=1S/C20H25Cl/c1-12-7-8-13(2)18(9-12)11-19(21)20-16(5)14(3)10-15(4)17(20)6/h7-10,19H,11H2,1-6H3. The van der Waals surface area contributed by atoms with Crippen LogP contribution in [0.3, 0.4) is 0 Å². The summed E-state index contributed by atoms with van der Waals surface area (Å²) in [6, 6.07) is 8.87. The predicted octanol–water partition coefficient (Wildman–Crippen LogP) is 6.06. The molecule has 2 aromatic rings. The van der Waals surface area contributed by atoms with Crippen molar-refractivity contribution in [3.05, 3.63) is 68.8 Å². The molecular weight excluding hydrogens is 276 g/mol. The van der Waals surface area contributed by atoms with Crippen LogP contribution in [0.1, 0.15) is 49.9 Å². The molecule has 21 heavy (non-hydrogen) atoms. The molecule has 0 saturated heterocycles. The maximum absolute atomic E-state index is 6.82. The third-order valence-electron chi connectivity index (χ3n) is 4.64. The number of hydrogen-bond acceptors (Lipinski definition) is 0. The molecule has 0 bridgehead atoms. The van der Waals surface area contributed by atoms with Crippen LogP contribution in [0.5, 0.6) is 0 Å². The summed E-state index contributed by atoms with van der Waals surface area (Å²) in [4.78, 5) is 0. The molecule has 2 rings (SSSR count). The van der Waals surface area contributed by atoms with Crippen molar-refractivity contribution in [1.29, 1.82) is 0 Å². The summed E-state index contributed by atoms with van der Waals surface area (Å²) in [5.74, 6) is 0. The van der Waals surface area contributed by atoms with Gasteiger partial charge in [0.25, 0.3) is 0 Å². The van der Waals surface area contributed by atoms with Crippen LogP contribution in [0.15, 0.2) is 24.3 Å². The van der Waals surface area contributed by atoms with E-state index in [9.17, 15) is 0 Å². The quantitative estimate of drug-likeness (QED) is 0.604. The van der Waals surface area contributed by atoms with Gasteiger partial charge in [0, 0.05) is 0 Å². The molecule has 0 aliphatic carbocycles. The molecule has 0 nitrogen and oxygen atoms in total. The van der Waals surface area contributed by atoms with Gasteiger partial charge in [0.1, 0.15) is 0 Å². The topological polar surface area (TPSA) is 0 Å². The molecule has 0 aliphatic rings. The maximum Gasteiger partial charge on any atom is 0.0630 e. The summed E-state index contributed by atoms with van der Waals surface area (Å²) in [6.07, 6.45) is 0.889. The van der Waals surface area contributed by atoms with Gasteiger partial charge in [0.2, 0.25) is 0 Å². The van der Waals surface area contributed by atoms with Gasteiger partial charge in [-0.3, -0.25) is 0 Å². The summed E-state index contributed by atoms with van der Waals surface area (Å²) in [7, 11) is 0. The van der Waals surface area contributed by atoms with E-state index in [0.717, 1.165) is 6.42 Å². The van der Waals surface area contributed by atoms with E-state index in [-0.39, 0.29) is 5.38 Å². The van der Waals surface area contributed by atoms with Gasteiger partial charge in [-0.15, -0.1) is 11.6 Å². The molecule has 0 spiro atoms. The molecule has 0 heterocycles. The van der Waals surface area contributed by atoms with Gasteiger partial charge in [-0.25, -0.2) is 0 Å². The van der Waals surface area contributed by atoms with Gasteiger partial charge in [-0.05, 0) is 86.9 Å². The first-order valence-corrected chi connectivity index (χ1v) is 8.02. The zero-order chi connectivity index (χ0) is 15.7. The first-order valence-electron chi connectivity index (χ1n) is 7.58. The number of aryl methyl sites for hydroxylation is 4. The highest BCUT2D eigenvalue weighted by Gasteiger charge is 2.18. The first kappa shape index (κ1) is 16.1. The fourth-order valence-electron chi connectivity index (χ4n) is 3.03. The lowest BCUT2D eigenvalue weighted by Gasteiger charge is -2.20. The van der Waals surface area contributed by atoms with E-state index in [2.05, 4.69) is 65.8 Å². The molecule has 1 atom stereocenters. The highest BCUT2D eigenvalue weighted by molar-refractivity contribution is 6.21. The highest BCUT2D eigenvalue weighted by Crippen LogP contribution is 2.34. The van der Waals surface area contributed by atoms with Crippen molar-refractivity contribution >= 4 is 11.6 Å². The molecule has 0 N–H and O–H groups in total. The van der Waals surface area contributed by atoms with Crippen LogP contribution in [0.25, 0.3) is 0 Å². The molecule has 0 aliphatic heterocycles. The second kappa shape index (κ2) is 6.23. The zero-order valence-corrected chi connectivity index (χ0v) is 14.7. The predicted molar refractivity (Wildman–Crippen MR) is 93.6 cm³/mol. The van der Waals surface area contributed by atoms with Crippen LogP contribution in [-0.2, 0) is 6.42 Å². The Bertz CT molecular complexity index is 642. The molecule has 2 aromatic carbocycles.